The summed E-state index contributed by atoms with van der Waals surface area (Å²) in [6, 6.07) is 4.41. The fourth-order valence-corrected chi connectivity index (χ4v) is 3.10. The van der Waals surface area contributed by atoms with Crippen LogP contribution in [0.1, 0.15) is 10.4 Å². The number of thioether (sulfide) groups is 1. The van der Waals surface area contributed by atoms with Gasteiger partial charge in [-0.05, 0) is 18.2 Å². The van der Waals surface area contributed by atoms with Gasteiger partial charge in [-0.1, -0.05) is 15.9 Å². The van der Waals surface area contributed by atoms with Crippen molar-refractivity contribution < 1.29 is 19.5 Å². The molecule has 0 aliphatic carbocycles. The molecule has 0 bridgehead atoms. The Bertz CT molecular complexity index is 579. The molecule has 20 heavy (non-hydrogen) atoms. The third-order valence-corrected chi connectivity index (χ3v) is 3.99. The summed E-state index contributed by atoms with van der Waals surface area (Å²) in [5.41, 5.74) is 0.448. The second-order valence-electron chi connectivity index (χ2n) is 4.15. The highest BCUT2D eigenvalue weighted by molar-refractivity contribution is 9.10. The lowest BCUT2D eigenvalue weighted by Gasteiger charge is -2.14. The first-order valence-electron chi connectivity index (χ1n) is 5.65. The molecule has 6 nitrogen and oxygen atoms in total. The van der Waals surface area contributed by atoms with Crippen LogP contribution in [0.2, 0.25) is 0 Å². The smallest absolute Gasteiger partial charge is 0.335 e. The van der Waals surface area contributed by atoms with Crippen molar-refractivity contribution in [3.05, 3.63) is 28.2 Å². The number of halogens is 1. The minimum absolute atomic E-state index is 0.0270. The highest BCUT2D eigenvalue weighted by atomic mass is 79.9. The number of hydrogen-bond donors (Lipinski definition) is 2. The Balaban J connectivity index is 2.04. The number of aromatic carboxylic acids is 1. The molecule has 1 fully saturated rings. The van der Waals surface area contributed by atoms with E-state index < -0.39 is 5.97 Å². The van der Waals surface area contributed by atoms with Crippen LogP contribution < -0.4 is 5.32 Å². The van der Waals surface area contributed by atoms with E-state index in [1.165, 1.54) is 28.8 Å². The van der Waals surface area contributed by atoms with E-state index in [0.717, 1.165) is 0 Å². The van der Waals surface area contributed by atoms with E-state index in [0.29, 0.717) is 21.8 Å². The number of carboxylic acid groups (broad SMARTS) is 1. The van der Waals surface area contributed by atoms with Gasteiger partial charge in [-0.3, -0.25) is 9.59 Å². The van der Waals surface area contributed by atoms with Crippen molar-refractivity contribution in [2.75, 3.05) is 23.5 Å². The Morgan fingerprint density at radius 3 is 2.75 bits per heavy atom. The maximum absolute atomic E-state index is 11.8. The summed E-state index contributed by atoms with van der Waals surface area (Å²) in [4.78, 5) is 35.6. The monoisotopic (exact) mass is 358 g/mol. The zero-order valence-corrected chi connectivity index (χ0v) is 12.7. The van der Waals surface area contributed by atoms with Gasteiger partial charge in [-0.15, -0.1) is 11.8 Å². The molecular formula is C12H11BrN2O4S. The van der Waals surface area contributed by atoms with Gasteiger partial charge < -0.3 is 15.3 Å². The van der Waals surface area contributed by atoms with Gasteiger partial charge in [0.1, 0.15) is 6.54 Å². The van der Waals surface area contributed by atoms with E-state index in [1.807, 2.05) is 0 Å². The lowest BCUT2D eigenvalue weighted by atomic mass is 10.2. The summed E-state index contributed by atoms with van der Waals surface area (Å²) in [5.74, 6) is -0.591. The molecule has 1 aliphatic heterocycles. The lowest BCUT2D eigenvalue weighted by Crippen LogP contribution is -2.34. The van der Waals surface area contributed by atoms with Crippen LogP contribution in [0, 0.1) is 0 Å². The predicted octanol–water partition coefficient (Wildman–Crippen LogP) is 1.62. The molecule has 0 spiro atoms. The van der Waals surface area contributed by atoms with Crippen LogP contribution >= 0.6 is 27.7 Å². The van der Waals surface area contributed by atoms with Crippen LogP contribution in [0.25, 0.3) is 0 Å². The van der Waals surface area contributed by atoms with Crippen LogP contribution in [-0.4, -0.2) is 46.0 Å². The summed E-state index contributed by atoms with van der Waals surface area (Å²) in [6.45, 7) is -0.0270. The highest BCUT2D eigenvalue weighted by Crippen LogP contribution is 2.20. The Labute approximate surface area is 127 Å². The Morgan fingerprint density at radius 2 is 2.15 bits per heavy atom. The maximum Gasteiger partial charge on any atom is 0.335 e. The number of hydrogen-bond acceptors (Lipinski definition) is 4. The van der Waals surface area contributed by atoms with Crippen LogP contribution in [0.4, 0.5) is 5.69 Å². The van der Waals surface area contributed by atoms with E-state index in [9.17, 15) is 14.4 Å². The van der Waals surface area contributed by atoms with Gasteiger partial charge in [0, 0.05) is 10.2 Å². The first-order chi connectivity index (χ1) is 9.45. The molecule has 0 unspecified atom stereocenters. The second kappa shape index (κ2) is 6.27. The van der Waals surface area contributed by atoms with Gasteiger partial charge in [-0.2, -0.15) is 0 Å². The number of amides is 2. The summed E-state index contributed by atoms with van der Waals surface area (Å²) in [5, 5.41) is 11.5. The Morgan fingerprint density at radius 1 is 1.40 bits per heavy atom. The first kappa shape index (κ1) is 14.9. The summed E-state index contributed by atoms with van der Waals surface area (Å²) >= 11 is 4.65. The molecule has 1 aromatic rings. The molecule has 2 rings (SSSR count). The zero-order valence-electron chi connectivity index (χ0n) is 10.3. The number of carbonyl (C=O) groups excluding carboxylic acids is 2. The average Bonchev–Trinajstić information content (AvgIpc) is 2.74. The molecule has 2 N–H and O–H groups in total. The fourth-order valence-electron chi connectivity index (χ4n) is 1.70. The molecule has 0 aromatic heterocycles. The predicted molar refractivity (Wildman–Crippen MR) is 78.8 cm³/mol. The SMILES string of the molecule is O=C(CN1CSCC1=O)Nc1cc(Br)cc(C(=O)O)c1. The number of nitrogens with zero attached hydrogens (tertiary/aromatic N) is 1. The van der Waals surface area contributed by atoms with Gasteiger partial charge in [0.25, 0.3) is 0 Å². The van der Waals surface area contributed by atoms with Gasteiger partial charge in [0.05, 0.1) is 17.2 Å². The lowest BCUT2D eigenvalue weighted by molar-refractivity contribution is -0.130. The molecule has 1 aliphatic rings. The van der Waals surface area contributed by atoms with Crippen LogP contribution in [0.3, 0.4) is 0 Å². The minimum Gasteiger partial charge on any atom is -0.478 e. The second-order valence-corrected chi connectivity index (χ2v) is 6.02. The van der Waals surface area contributed by atoms with E-state index in [-0.39, 0.29) is 23.9 Å². The summed E-state index contributed by atoms with van der Waals surface area (Å²) < 4.78 is 0.556. The molecule has 0 atom stereocenters. The van der Waals surface area contributed by atoms with Crippen molar-refractivity contribution in [3.8, 4) is 0 Å². The standard InChI is InChI=1S/C12H11BrN2O4S/c13-8-1-7(12(18)19)2-9(3-8)14-10(16)4-15-6-20-5-11(15)17/h1-3H,4-6H2,(H,14,16)(H,18,19). The van der Waals surface area contributed by atoms with Gasteiger partial charge in [0.15, 0.2) is 0 Å². The Kier molecular flexibility index (Phi) is 4.66. The summed E-state index contributed by atoms with van der Waals surface area (Å²) in [7, 11) is 0. The number of nitrogens with one attached hydrogen (secondary N) is 1. The summed E-state index contributed by atoms with van der Waals surface area (Å²) in [6.07, 6.45) is 0. The zero-order chi connectivity index (χ0) is 14.7. The van der Waals surface area contributed by atoms with Crippen molar-refractivity contribution in [2.45, 2.75) is 0 Å². The molecule has 0 saturated carbocycles. The van der Waals surface area contributed by atoms with E-state index in [2.05, 4.69) is 21.2 Å². The third-order valence-electron chi connectivity index (χ3n) is 2.59. The average molecular weight is 359 g/mol. The molecule has 8 heteroatoms. The minimum atomic E-state index is -1.08. The van der Waals surface area contributed by atoms with E-state index in [1.54, 1.807) is 6.07 Å². The van der Waals surface area contributed by atoms with Crippen molar-refractivity contribution in [1.29, 1.82) is 0 Å². The van der Waals surface area contributed by atoms with Crippen molar-refractivity contribution in [1.82, 2.24) is 4.90 Å². The number of carbonyl (C=O) groups is 3. The number of rotatable bonds is 4. The molecule has 1 aromatic carbocycles. The van der Waals surface area contributed by atoms with Crippen LogP contribution in [0.15, 0.2) is 22.7 Å². The third kappa shape index (κ3) is 3.73. The van der Waals surface area contributed by atoms with Gasteiger partial charge in [0.2, 0.25) is 11.8 Å². The topological polar surface area (TPSA) is 86.7 Å². The van der Waals surface area contributed by atoms with Crippen LogP contribution in [-0.2, 0) is 9.59 Å². The fraction of sp³-hybridized carbons (Fsp3) is 0.250. The highest BCUT2D eigenvalue weighted by Gasteiger charge is 2.23. The van der Waals surface area contributed by atoms with Crippen molar-refractivity contribution in [3.63, 3.8) is 0 Å². The molecule has 0 radical (unpaired) electrons. The molecule has 1 saturated heterocycles. The van der Waals surface area contributed by atoms with Crippen molar-refractivity contribution in [2.24, 2.45) is 0 Å². The molecular weight excluding hydrogens is 348 g/mol. The van der Waals surface area contributed by atoms with Crippen molar-refractivity contribution >= 4 is 51.2 Å². The number of anilines is 1. The van der Waals surface area contributed by atoms with E-state index in [4.69, 9.17) is 5.11 Å². The first-order valence-corrected chi connectivity index (χ1v) is 7.60. The number of carboxylic acids is 1. The van der Waals surface area contributed by atoms with Gasteiger partial charge in [-0.25, -0.2) is 4.79 Å². The van der Waals surface area contributed by atoms with E-state index >= 15 is 0 Å². The largest absolute Gasteiger partial charge is 0.478 e. The maximum atomic E-state index is 11.8. The quantitative estimate of drug-likeness (QED) is 0.853. The normalized spacial score (nSPS) is 14.4. The molecule has 106 valence electrons. The molecule has 1 heterocycles. The van der Waals surface area contributed by atoms with Crippen LogP contribution in [0.5, 0.6) is 0 Å². The number of benzene rings is 1. The Hall–Kier alpha value is -1.54. The van der Waals surface area contributed by atoms with Gasteiger partial charge >= 0.3 is 5.97 Å². The molecule has 2 amide bonds.